The van der Waals surface area contributed by atoms with Crippen molar-refractivity contribution >= 4 is 105 Å². The van der Waals surface area contributed by atoms with Crippen LogP contribution in [0.15, 0.2) is 162 Å². The second-order valence-corrected chi connectivity index (χ2v) is 26.9. The lowest BCUT2D eigenvalue weighted by Crippen LogP contribution is -2.24. The molecule has 15 rings (SSSR count). The number of likely N-dealkylation sites (N-methyl/N-ethyl adjacent to an activating group) is 3. The molecule has 9 aromatic heterocycles. The van der Waals surface area contributed by atoms with Crippen molar-refractivity contribution in [2.75, 3.05) is 75.5 Å². The van der Waals surface area contributed by atoms with Crippen molar-refractivity contribution in [2.45, 2.75) is 71.9 Å². The zero-order chi connectivity index (χ0) is 76.2. The minimum Gasteiger partial charge on any atom is -0.434 e. The quantitative estimate of drug-likeness (QED) is 0.0444. The number of hydrogen-bond acceptors (Lipinski definition) is 21. The summed E-state index contributed by atoms with van der Waals surface area (Å²) < 4.78 is 102. The van der Waals surface area contributed by atoms with Gasteiger partial charge in [0, 0.05) is 109 Å². The Hall–Kier alpha value is -12.0. The zero-order valence-electron chi connectivity index (χ0n) is 57.8. The van der Waals surface area contributed by atoms with Gasteiger partial charge < -0.3 is 44.9 Å². The summed E-state index contributed by atoms with van der Waals surface area (Å²) in [6.45, 7) is -7.51. The van der Waals surface area contributed by atoms with Crippen LogP contribution in [0.25, 0.3) is 50.7 Å². The first-order chi connectivity index (χ1) is 52.1. The van der Waals surface area contributed by atoms with Gasteiger partial charge in [0.15, 0.2) is 16.9 Å². The van der Waals surface area contributed by atoms with E-state index in [1.165, 1.54) is 118 Å². The molecule has 12 aromatic rings. The highest BCUT2D eigenvalue weighted by molar-refractivity contribution is 7.99. The van der Waals surface area contributed by atoms with E-state index in [9.17, 15) is 55.1 Å². The van der Waals surface area contributed by atoms with Gasteiger partial charge in [-0.15, -0.1) is 35.3 Å². The summed E-state index contributed by atoms with van der Waals surface area (Å²) in [5.41, 5.74) is 3.75. The van der Waals surface area contributed by atoms with Gasteiger partial charge in [-0.3, -0.25) is 42.8 Å². The Morgan fingerprint density at radius 3 is 0.963 bits per heavy atom. The Kier molecular flexibility index (Phi) is 22.0. The monoisotopic (exact) mass is 1540 g/mol. The van der Waals surface area contributed by atoms with E-state index < -0.39 is 55.7 Å². The standard InChI is InChI=1S/3C23H21F2N7O3S/c3*1-30-9-6-17(22(30)34)32-12-16(28-21(33)15-11-27-31-8-3-7-26-20(15)31)19(29-32)14-10-13(36-2)4-5-18(14)35-23(24)25/h3*3-5,7-8,10-12,17,23H,6,9H2,1-2H3,(H,28,33)/t2*17-;/m10./s1. The number of benzene rings is 3. The van der Waals surface area contributed by atoms with Crippen molar-refractivity contribution in [3.63, 3.8) is 0 Å². The molecule has 3 saturated heterocycles. The smallest absolute Gasteiger partial charge is 0.387 e. The lowest BCUT2D eigenvalue weighted by Gasteiger charge is -2.12. The topological polar surface area (TPSA) is 320 Å². The number of carbonyl (C=O) groups excluding carboxylic acids is 6. The van der Waals surface area contributed by atoms with E-state index in [0.29, 0.717) is 55.8 Å². The van der Waals surface area contributed by atoms with Crippen LogP contribution in [0.4, 0.5) is 43.4 Å². The molecule has 30 nitrogen and oxygen atoms in total. The van der Waals surface area contributed by atoms with E-state index in [-0.39, 0.29) is 102 Å². The number of alkyl halides is 6. The van der Waals surface area contributed by atoms with E-state index in [1.807, 2.05) is 18.8 Å². The van der Waals surface area contributed by atoms with E-state index in [4.69, 9.17) is 14.2 Å². The van der Waals surface area contributed by atoms with Gasteiger partial charge in [0.05, 0.1) is 54.2 Å². The summed E-state index contributed by atoms with van der Waals surface area (Å²) in [5, 5.41) is 34.5. The number of hydrogen-bond donors (Lipinski definition) is 3. The fourth-order valence-corrected chi connectivity index (χ4v) is 13.6. The van der Waals surface area contributed by atoms with E-state index in [1.54, 1.807) is 128 Å². The first-order valence-electron chi connectivity index (χ1n) is 32.8. The lowest BCUT2D eigenvalue weighted by molar-refractivity contribution is -0.130. The number of nitrogens with zero attached hydrogens (tertiary/aromatic N) is 18. The van der Waals surface area contributed by atoms with Gasteiger partial charge in [0.25, 0.3) is 17.7 Å². The number of fused-ring (bicyclic) bond motifs is 3. The van der Waals surface area contributed by atoms with Crippen molar-refractivity contribution in [2.24, 2.45) is 0 Å². The SMILES string of the molecule is CSc1ccc(OC(F)F)c(-c2nn(C3CCN(C)C3=O)cc2NC(=O)c2cnn3cccnc23)c1.CSc1ccc(OC(F)F)c(-c2nn([C@@H]3CCN(C)C3=O)cc2NC(=O)c2cnn3cccnc23)c1.CSc1ccc(OC(F)F)c(-c2nn([C@H]3CCN(C)C3=O)cc2NC(=O)c2cnn3cccnc23)c1. The zero-order valence-corrected chi connectivity index (χ0v) is 60.2. The summed E-state index contributed by atoms with van der Waals surface area (Å²) in [4.78, 5) is 97.4. The molecule has 12 heterocycles. The van der Waals surface area contributed by atoms with Gasteiger partial charge in [0.1, 0.15) is 69.1 Å². The molecule has 3 aliphatic heterocycles. The molecule has 39 heteroatoms. The molecule has 3 aliphatic rings. The molecule has 1 unspecified atom stereocenters. The maximum absolute atomic E-state index is 13.2. The second kappa shape index (κ2) is 32.0. The Morgan fingerprint density at radius 1 is 0.444 bits per heavy atom. The molecule has 6 amide bonds. The van der Waals surface area contributed by atoms with Gasteiger partial charge in [0.2, 0.25) is 17.7 Å². The number of aromatic nitrogens is 15. The highest BCUT2D eigenvalue weighted by Crippen LogP contribution is 2.43. The summed E-state index contributed by atoms with van der Waals surface area (Å²) in [5.74, 6) is -2.24. The molecule has 558 valence electrons. The third-order valence-electron chi connectivity index (χ3n) is 17.6. The van der Waals surface area contributed by atoms with E-state index in [2.05, 4.69) is 61.5 Å². The molecule has 3 N–H and O–H groups in total. The molecule has 0 saturated carbocycles. The molecule has 108 heavy (non-hydrogen) atoms. The van der Waals surface area contributed by atoms with Crippen LogP contribution in [-0.2, 0) is 14.4 Å². The first-order valence-corrected chi connectivity index (χ1v) is 36.4. The number of rotatable bonds is 21. The number of carbonyl (C=O) groups is 6. The van der Waals surface area contributed by atoms with Crippen molar-refractivity contribution in [1.82, 2.24) is 87.8 Å². The maximum atomic E-state index is 13.2. The summed E-state index contributed by atoms with van der Waals surface area (Å²) in [7, 11) is 5.10. The maximum Gasteiger partial charge on any atom is 0.387 e. The normalized spacial score (nSPS) is 15.8. The predicted octanol–water partition coefficient (Wildman–Crippen LogP) is 10.7. The predicted molar refractivity (Wildman–Crippen MR) is 385 cm³/mol. The highest BCUT2D eigenvalue weighted by Gasteiger charge is 2.37. The van der Waals surface area contributed by atoms with Crippen LogP contribution in [0.3, 0.4) is 0 Å². The largest absolute Gasteiger partial charge is 0.434 e. The van der Waals surface area contributed by atoms with Crippen LogP contribution < -0.4 is 30.2 Å². The number of ether oxygens (including phenoxy) is 3. The Labute approximate surface area is 621 Å². The van der Waals surface area contributed by atoms with E-state index >= 15 is 0 Å². The molecule has 3 fully saturated rings. The highest BCUT2D eigenvalue weighted by atomic mass is 32.2. The number of amides is 6. The minimum atomic E-state index is -3.06. The van der Waals surface area contributed by atoms with Crippen molar-refractivity contribution in [1.29, 1.82) is 0 Å². The number of thioether (sulfide) groups is 3. The van der Waals surface area contributed by atoms with Gasteiger partial charge in [-0.25, -0.2) is 28.5 Å². The van der Waals surface area contributed by atoms with Crippen LogP contribution in [0.2, 0.25) is 0 Å². The molecule has 0 bridgehead atoms. The van der Waals surface area contributed by atoms with Crippen LogP contribution in [-0.4, -0.2) is 203 Å². The van der Waals surface area contributed by atoms with Crippen LogP contribution in [0.1, 0.15) is 68.5 Å². The first kappa shape index (κ1) is 74.3. The fourth-order valence-electron chi connectivity index (χ4n) is 12.3. The van der Waals surface area contributed by atoms with Crippen LogP contribution in [0.5, 0.6) is 17.2 Å². The molecular formula is C69H63F6N21O9S3. The number of anilines is 3. The Balaban J connectivity index is 0.000000143. The molecule has 3 aromatic carbocycles. The molecule has 0 spiro atoms. The third-order valence-corrected chi connectivity index (χ3v) is 19.8. The minimum absolute atomic E-state index is 0.101. The van der Waals surface area contributed by atoms with Gasteiger partial charge >= 0.3 is 19.8 Å². The van der Waals surface area contributed by atoms with Gasteiger partial charge in [-0.1, -0.05) is 0 Å². The average molecular weight is 1540 g/mol. The van der Waals surface area contributed by atoms with E-state index in [0.717, 1.165) is 14.7 Å². The molecule has 0 radical (unpaired) electrons. The fraction of sp³-hybridized carbons (Fsp3) is 0.261. The Morgan fingerprint density at radius 2 is 0.722 bits per heavy atom. The average Bonchev–Trinajstić information content (AvgIpc) is 1.63. The number of likely N-dealkylation sites (tertiary alicyclic amines) is 3. The summed E-state index contributed by atoms with van der Waals surface area (Å²) >= 11 is 4.24. The molecule has 0 aliphatic carbocycles. The van der Waals surface area contributed by atoms with Gasteiger partial charge in [-0.2, -0.15) is 56.9 Å². The van der Waals surface area contributed by atoms with Crippen LogP contribution in [0, 0.1) is 0 Å². The van der Waals surface area contributed by atoms with Crippen molar-refractivity contribution < 1.29 is 69.3 Å². The summed E-state index contributed by atoms with van der Waals surface area (Å²) in [6.07, 6.45) is 25.5. The van der Waals surface area contributed by atoms with Crippen molar-refractivity contribution in [3.8, 4) is 51.0 Å². The number of halogens is 6. The third kappa shape index (κ3) is 15.6. The lowest BCUT2D eigenvalue weighted by atomic mass is 10.1. The number of nitrogens with one attached hydrogen (secondary N) is 3. The molecule has 3 atom stereocenters. The van der Waals surface area contributed by atoms with Crippen molar-refractivity contribution in [3.05, 3.63) is 164 Å². The second-order valence-electron chi connectivity index (χ2n) is 24.2. The molecular weight excluding hydrogens is 1480 g/mol. The Bertz CT molecular complexity index is 4880. The van der Waals surface area contributed by atoms with Crippen LogP contribution >= 0.6 is 35.3 Å². The van der Waals surface area contributed by atoms with Gasteiger partial charge in [-0.05, 0) is 111 Å². The summed E-state index contributed by atoms with van der Waals surface area (Å²) in [6, 6.07) is 17.5.